The topological polar surface area (TPSA) is 56.6 Å². The first kappa shape index (κ1) is 22.5. The second-order valence-corrected chi connectivity index (χ2v) is 8.05. The second kappa shape index (κ2) is 9.61. The van der Waals surface area contributed by atoms with Gasteiger partial charge in [-0.3, -0.25) is 0 Å². The minimum atomic E-state index is -0.457. The number of halogens is 1. The van der Waals surface area contributed by atoms with Crippen molar-refractivity contribution >= 4 is 29.5 Å². The highest BCUT2D eigenvalue weighted by molar-refractivity contribution is 5.85. The van der Waals surface area contributed by atoms with Gasteiger partial charge in [0, 0.05) is 32.2 Å². The lowest BCUT2D eigenvalue weighted by Gasteiger charge is -2.33. The maximum absolute atomic E-state index is 12.3. The summed E-state index contributed by atoms with van der Waals surface area (Å²) < 4.78 is 13.4. The van der Waals surface area contributed by atoms with E-state index in [1.54, 1.807) is 0 Å². The summed E-state index contributed by atoms with van der Waals surface area (Å²) in [4.78, 5) is 19.0. The summed E-state index contributed by atoms with van der Waals surface area (Å²) in [5, 5.41) is 0. The fraction of sp³-hybridized carbons (Fsp3) is 0.619. The van der Waals surface area contributed by atoms with Gasteiger partial charge < -0.3 is 18.9 Å². The standard InChI is InChI=1S/C21H31N3O3.ClH/c1-5-26-15-14-24-18-9-7-6-8-17(18)22-19(24)16-10-12-23(13-11-16)20(25)27-21(2,3)4;/h6-9,16H,5,10-15H2,1-4H3;1H. The van der Waals surface area contributed by atoms with Gasteiger partial charge in [-0.1, -0.05) is 12.1 Å². The van der Waals surface area contributed by atoms with E-state index >= 15 is 0 Å². The van der Waals surface area contributed by atoms with Gasteiger partial charge in [0.25, 0.3) is 0 Å². The Morgan fingerprint density at radius 2 is 1.89 bits per heavy atom. The molecule has 1 amide bonds. The Morgan fingerprint density at radius 1 is 1.21 bits per heavy atom. The van der Waals surface area contributed by atoms with Gasteiger partial charge in [0.1, 0.15) is 11.4 Å². The van der Waals surface area contributed by atoms with Crippen LogP contribution in [0.15, 0.2) is 24.3 Å². The highest BCUT2D eigenvalue weighted by Gasteiger charge is 2.29. The number of rotatable bonds is 5. The number of amides is 1. The number of nitrogens with zero attached hydrogens (tertiary/aromatic N) is 3. The Bertz CT molecular complexity index is 777. The summed E-state index contributed by atoms with van der Waals surface area (Å²) in [6.45, 7) is 11.3. The minimum absolute atomic E-state index is 0. The first-order valence-electron chi connectivity index (χ1n) is 9.90. The molecule has 0 N–H and O–H groups in total. The molecule has 1 fully saturated rings. The lowest BCUT2D eigenvalue weighted by atomic mass is 9.96. The number of fused-ring (bicyclic) bond motifs is 1. The molecule has 0 spiro atoms. The molecule has 0 atom stereocenters. The van der Waals surface area contributed by atoms with Crippen LogP contribution in [-0.4, -0.2) is 52.4 Å². The second-order valence-electron chi connectivity index (χ2n) is 8.05. The molecule has 7 heteroatoms. The molecule has 1 aromatic heterocycles. The Kier molecular flexibility index (Phi) is 7.72. The zero-order chi connectivity index (χ0) is 19.4. The van der Waals surface area contributed by atoms with Crippen molar-refractivity contribution < 1.29 is 14.3 Å². The number of hydrogen-bond donors (Lipinski definition) is 0. The van der Waals surface area contributed by atoms with Crippen LogP contribution in [0.25, 0.3) is 11.0 Å². The van der Waals surface area contributed by atoms with Crippen molar-refractivity contribution in [2.45, 2.75) is 58.6 Å². The number of piperidine rings is 1. The van der Waals surface area contributed by atoms with Crippen molar-refractivity contribution in [3.8, 4) is 0 Å². The molecule has 6 nitrogen and oxygen atoms in total. The fourth-order valence-corrected chi connectivity index (χ4v) is 3.59. The first-order valence-corrected chi connectivity index (χ1v) is 9.90. The van der Waals surface area contributed by atoms with Gasteiger partial charge in [-0.05, 0) is 52.7 Å². The van der Waals surface area contributed by atoms with E-state index in [1.807, 2.05) is 38.7 Å². The molecule has 2 aromatic rings. The van der Waals surface area contributed by atoms with Crippen molar-refractivity contribution in [2.75, 3.05) is 26.3 Å². The molecule has 0 radical (unpaired) electrons. The lowest BCUT2D eigenvalue weighted by molar-refractivity contribution is 0.0202. The number of para-hydroxylation sites is 2. The quantitative estimate of drug-likeness (QED) is 0.676. The van der Waals surface area contributed by atoms with E-state index in [0.29, 0.717) is 25.6 Å². The highest BCUT2D eigenvalue weighted by Crippen LogP contribution is 2.30. The summed E-state index contributed by atoms with van der Waals surface area (Å²) in [5.41, 5.74) is 1.72. The van der Waals surface area contributed by atoms with Gasteiger partial charge in [-0.25, -0.2) is 9.78 Å². The van der Waals surface area contributed by atoms with Gasteiger partial charge in [0.2, 0.25) is 0 Å². The third-order valence-corrected chi connectivity index (χ3v) is 4.86. The van der Waals surface area contributed by atoms with Crippen LogP contribution in [0.5, 0.6) is 0 Å². The third-order valence-electron chi connectivity index (χ3n) is 4.86. The van der Waals surface area contributed by atoms with Crippen LogP contribution in [0.1, 0.15) is 52.3 Å². The number of carbonyl (C=O) groups is 1. The molecule has 1 saturated heterocycles. The van der Waals surface area contributed by atoms with Crippen molar-refractivity contribution in [3.05, 3.63) is 30.1 Å². The van der Waals surface area contributed by atoms with E-state index in [1.165, 1.54) is 0 Å². The van der Waals surface area contributed by atoms with Crippen molar-refractivity contribution in [3.63, 3.8) is 0 Å². The summed E-state index contributed by atoms with van der Waals surface area (Å²) in [5.74, 6) is 1.46. The number of likely N-dealkylation sites (tertiary alicyclic amines) is 1. The third kappa shape index (κ3) is 5.39. The van der Waals surface area contributed by atoms with E-state index in [2.05, 4.69) is 22.8 Å². The van der Waals surface area contributed by atoms with Gasteiger partial charge in [0.15, 0.2) is 0 Å². The number of benzene rings is 1. The van der Waals surface area contributed by atoms with E-state index in [9.17, 15) is 4.79 Å². The predicted octanol–water partition coefficient (Wildman–Crippen LogP) is 4.61. The number of imidazole rings is 1. The number of ether oxygens (including phenoxy) is 2. The fourth-order valence-electron chi connectivity index (χ4n) is 3.59. The van der Waals surface area contributed by atoms with E-state index in [-0.39, 0.29) is 18.5 Å². The predicted molar refractivity (Wildman–Crippen MR) is 113 cm³/mol. The molecule has 2 heterocycles. The molecular formula is C21H32ClN3O3. The Morgan fingerprint density at radius 3 is 2.54 bits per heavy atom. The maximum Gasteiger partial charge on any atom is 0.410 e. The lowest BCUT2D eigenvalue weighted by Crippen LogP contribution is -2.41. The molecule has 28 heavy (non-hydrogen) atoms. The molecule has 156 valence electrons. The molecule has 0 saturated carbocycles. The molecule has 0 unspecified atom stereocenters. The van der Waals surface area contributed by atoms with Gasteiger partial charge in [-0.15, -0.1) is 12.4 Å². The van der Waals surface area contributed by atoms with Crippen molar-refractivity contribution in [1.82, 2.24) is 14.5 Å². The SMILES string of the molecule is CCOCCn1c(C2CCN(C(=O)OC(C)(C)C)CC2)nc2ccccc21.Cl. The number of carbonyl (C=O) groups excluding carboxylic acids is 1. The molecule has 0 aliphatic carbocycles. The van der Waals surface area contributed by atoms with E-state index < -0.39 is 5.60 Å². The Hall–Kier alpha value is -1.79. The van der Waals surface area contributed by atoms with Crippen molar-refractivity contribution in [2.24, 2.45) is 0 Å². The van der Waals surface area contributed by atoms with Crippen LogP contribution < -0.4 is 0 Å². The van der Waals surface area contributed by atoms with E-state index in [4.69, 9.17) is 14.5 Å². The number of aromatic nitrogens is 2. The number of hydrogen-bond acceptors (Lipinski definition) is 4. The van der Waals surface area contributed by atoms with Gasteiger partial charge in [-0.2, -0.15) is 0 Å². The average Bonchev–Trinajstić information content (AvgIpc) is 2.99. The normalized spacial score (nSPS) is 15.5. The van der Waals surface area contributed by atoms with Gasteiger partial charge >= 0.3 is 6.09 Å². The average molecular weight is 410 g/mol. The minimum Gasteiger partial charge on any atom is -0.444 e. The molecule has 0 bridgehead atoms. The summed E-state index contributed by atoms with van der Waals surface area (Å²) in [6.07, 6.45) is 1.58. The molecule has 1 aliphatic rings. The van der Waals surface area contributed by atoms with Crippen LogP contribution in [-0.2, 0) is 16.0 Å². The molecule has 1 aromatic carbocycles. The Labute approximate surface area is 173 Å². The molecular weight excluding hydrogens is 378 g/mol. The zero-order valence-corrected chi connectivity index (χ0v) is 18.1. The summed E-state index contributed by atoms with van der Waals surface area (Å²) >= 11 is 0. The summed E-state index contributed by atoms with van der Waals surface area (Å²) in [6, 6.07) is 8.26. The van der Waals surface area contributed by atoms with Crippen LogP contribution in [0.4, 0.5) is 4.79 Å². The van der Waals surface area contributed by atoms with Crippen molar-refractivity contribution in [1.29, 1.82) is 0 Å². The highest BCUT2D eigenvalue weighted by atomic mass is 35.5. The molecule has 1 aliphatic heterocycles. The molecule has 3 rings (SSSR count). The van der Waals surface area contributed by atoms with Crippen LogP contribution in [0, 0.1) is 0 Å². The van der Waals surface area contributed by atoms with Crippen LogP contribution in [0.2, 0.25) is 0 Å². The summed E-state index contributed by atoms with van der Waals surface area (Å²) in [7, 11) is 0. The maximum atomic E-state index is 12.3. The monoisotopic (exact) mass is 409 g/mol. The first-order chi connectivity index (χ1) is 12.9. The largest absolute Gasteiger partial charge is 0.444 e. The smallest absolute Gasteiger partial charge is 0.410 e. The Balaban J connectivity index is 0.00000280. The zero-order valence-electron chi connectivity index (χ0n) is 17.3. The van der Waals surface area contributed by atoms with E-state index in [0.717, 1.165) is 42.9 Å². The van der Waals surface area contributed by atoms with Crippen LogP contribution in [0.3, 0.4) is 0 Å². The van der Waals surface area contributed by atoms with Crippen LogP contribution >= 0.6 is 12.4 Å². The van der Waals surface area contributed by atoms with Gasteiger partial charge in [0.05, 0.1) is 17.6 Å².